The number of carbonyl (C=O) groups is 1. The van der Waals surface area contributed by atoms with Crippen LogP contribution in [0.25, 0.3) is 0 Å². The Morgan fingerprint density at radius 2 is 2.09 bits per heavy atom. The van der Waals surface area contributed by atoms with E-state index in [0.29, 0.717) is 19.7 Å². The summed E-state index contributed by atoms with van der Waals surface area (Å²) in [7, 11) is 0. The highest BCUT2D eigenvalue weighted by molar-refractivity contribution is 5.69. The lowest BCUT2D eigenvalue weighted by atomic mass is 9.90. The first-order valence-corrected chi connectivity index (χ1v) is 8.20. The minimum atomic E-state index is -0.773. The van der Waals surface area contributed by atoms with Gasteiger partial charge in [-0.2, -0.15) is 0 Å². The van der Waals surface area contributed by atoms with E-state index < -0.39 is 5.97 Å². The molecule has 1 unspecified atom stereocenters. The van der Waals surface area contributed by atoms with Crippen LogP contribution in [0.4, 0.5) is 0 Å². The first-order chi connectivity index (χ1) is 11.0. The maximum Gasteiger partial charge on any atom is 0.317 e. The lowest BCUT2D eigenvalue weighted by Crippen LogP contribution is -2.60. The monoisotopic (exact) mass is 323 g/mol. The standard InChI is InChI=1S/C16H25N3O4/c1-12-14(13(2)23-17-12)8-18-5-3-4-16(10-18)11-19(6-7-22-16)9-15(20)21/h3-11H2,1-2H3,(H,20,21). The van der Waals surface area contributed by atoms with Crippen LogP contribution in [0.15, 0.2) is 4.52 Å². The van der Waals surface area contributed by atoms with E-state index in [4.69, 9.17) is 14.4 Å². The summed E-state index contributed by atoms with van der Waals surface area (Å²) in [5, 5.41) is 13.1. The highest BCUT2D eigenvalue weighted by Gasteiger charge is 2.41. The number of piperidine rings is 1. The molecule has 0 aromatic carbocycles. The van der Waals surface area contributed by atoms with Gasteiger partial charge >= 0.3 is 5.97 Å². The van der Waals surface area contributed by atoms with Crippen LogP contribution in [0, 0.1) is 13.8 Å². The molecule has 0 bridgehead atoms. The molecule has 128 valence electrons. The SMILES string of the molecule is Cc1noc(C)c1CN1CCCC2(CN(CC(=O)O)CCO2)C1. The first kappa shape index (κ1) is 16.4. The Kier molecular flexibility index (Phi) is 4.70. The Hall–Kier alpha value is -1.44. The normalized spacial score (nSPS) is 26.7. The summed E-state index contributed by atoms with van der Waals surface area (Å²) in [5.41, 5.74) is 1.85. The number of aliphatic carboxylic acids is 1. The summed E-state index contributed by atoms with van der Waals surface area (Å²) in [6.45, 7) is 8.65. The molecule has 2 aliphatic heterocycles. The molecule has 3 rings (SSSR count). The molecule has 2 fully saturated rings. The van der Waals surface area contributed by atoms with E-state index in [9.17, 15) is 4.79 Å². The van der Waals surface area contributed by atoms with Crippen molar-refractivity contribution >= 4 is 5.97 Å². The fourth-order valence-electron chi connectivity index (χ4n) is 3.77. The summed E-state index contributed by atoms with van der Waals surface area (Å²) in [6.07, 6.45) is 2.05. The Balaban J connectivity index is 1.66. The zero-order valence-electron chi connectivity index (χ0n) is 13.9. The second-order valence-electron chi connectivity index (χ2n) is 6.75. The third-order valence-corrected chi connectivity index (χ3v) is 4.87. The van der Waals surface area contributed by atoms with Gasteiger partial charge in [-0.1, -0.05) is 5.16 Å². The molecule has 23 heavy (non-hydrogen) atoms. The molecule has 0 saturated carbocycles. The van der Waals surface area contributed by atoms with Gasteiger partial charge in [0.2, 0.25) is 0 Å². The molecule has 0 radical (unpaired) electrons. The van der Waals surface area contributed by atoms with Gasteiger partial charge in [-0.25, -0.2) is 0 Å². The number of rotatable bonds is 4. The maximum absolute atomic E-state index is 11.0. The lowest BCUT2D eigenvalue weighted by molar-refractivity contribution is -0.154. The van der Waals surface area contributed by atoms with E-state index in [-0.39, 0.29) is 12.1 Å². The van der Waals surface area contributed by atoms with Crippen molar-refractivity contribution < 1.29 is 19.2 Å². The zero-order chi connectivity index (χ0) is 16.4. The number of morpholine rings is 1. The average molecular weight is 323 g/mol. The topological polar surface area (TPSA) is 79.0 Å². The van der Waals surface area contributed by atoms with Gasteiger partial charge in [-0.05, 0) is 33.2 Å². The first-order valence-electron chi connectivity index (χ1n) is 8.20. The van der Waals surface area contributed by atoms with E-state index in [1.807, 2.05) is 18.7 Å². The molecule has 3 heterocycles. The van der Waals surface area contributed by atoms with E-state index in [1.165, 1.54) is 0 Å². The maximum atomic E-state index is 11.0. The van der Waals surface area contributed by atoms with Crippen LogP contribution in [0.5, 0.6) is 0 Å². The molecule has 1 N–H and O–H groups in total. The highest BCUT2D eigenvalue weighted by Crippen LogP contribution is 2.30. The Bertz CT molecular complexity index is 550. The number of carboxylic acids is 1. The smallest absolute Gasteiger partial charge is 0.317 e. The highest BCUT2D eigenvalue weighted by atomic mass is 16.5. The number of hydrogen-bond acceptors (Lipinski definition) is 6. The molecule has 0 amide bonds. The van der Waals surface area contributed by atoms with Gasteiger partial charge in [-0.3, -0.25) is 14.6 Å². The van der Waals surface area contributed by atoms with Gasteiger partial charge in [-0.15, -0.1) is 0 Å². The number of likely N-dealkylation sites (tertiary alicyclic amines) is 1. The molecular weight excluding hydrogens is 298 g/mol. The number of aryl methyl sites for hydroxylation is 2. The van der Waals surface area contributed by atoms with Crippen molar-refractivity contribution in [1.82, 2.24) is 15.0 Å². The third kappa shape index (κ3) is 3.73. The quantitative estimate of drug-likeness (QED) is 0.887. The molecule has 7 heteroatoms. The number of aromatic nitrogens is 1. The molecule has 0 aliphatic carbocycles. The van der Waals surface area contributed by atoms with Gasteiger partial charge in [0.25, 0.3) is 0 Å². The second-order valence-corrected chi connectivity index (χ2v) is 6.75. The van der Waals surface area contributed by atoms with Crippen LogP contribution in [0.2, 0.25) is 0 Å². The molecule has 1 atom stereocenters. The van der Waals surface area contributed by atoms with Crippen LogP contribution in [0.1, 0.15) is 29.9 Å². The zero-order valence-corrected chi connectivity index (χ0v) is 13.9. The van der Waals surface area contributed by atoms with Gasteiger partial charge in [0.15, 0.2) is 0 Å². The van der Waals surface area contributed by atoms with E-state index in [1.54, 1.807) is 0 Å². The minimum absolute atomic E-state index is 0.0922. The van der Waals surface area contributed by atoms with Crippen molar-refractivity contribution in [3.8, 4) is 0 Å². The molecule has 1 aromatic rings. The van der Waals surface area contributed by atoms with Crippen molar-refractivity contribution in [2.24, 2.45) is 0 Å². The minimum Gasteiger partial charge on any atom is -0.480 e. The molecular formula is C16H25N3O4. The second kappa shape index (κ2) is 6.59. The van der Waals surface area contributed by atoms with Crippen LogP contribution >= 0.6 is 0 Å². The number of hydrogen-bond donors (Lipinski definition) is 1. The third-order valence-electron chi connectivity index (χ3n) is 4.87. The van der Waals surface area contributed by atoms with E-state index >= 15 is 0 Å². The van der Waals surface area contributed by atoms with Crippen molar-refractivity contribution in [2.45, 2.75) is 38.8 Å². The van der Waals surface area contributed by atoms with Crippen LogP contribution in [-0.2, 0) is 16.1 Å². The summed E-state index contributed by atoms with van der Waals surface area (Å²) >= 11 is 0. The summed E-state index contributed by atoms with van der Waals surface area (Å²) in [5.74, 6) is 0.102. The molecule has 1 aromatic heterocycles. The fourth-order valence-corrected chi connectivity index (χ4v) is 3.77. The van der Waals surface area contributed by atoms with E-state index in [2.05, 4.69) is 10.1 Å². The van der Waals surface area contributed by atoms with E-state index in [0.717, 1.165) is 49.5 Å². The number of nitrogens with zero attached hydrogens (tertiary/aromatic N) is 3. The van der Waals surface area contributed by atoms with Gasteiger partial charge in [0.1, 0.15) is 5.76 Å². The predicted molar refractivity (Wildman–Crippen MR) is 83.2 cm³/mol. The van der Waals surface area contributed by atoms with Crippen molar-refractivity contribution in [3.05, 3.63) is 17.0 Å². The Labute approximate surface area is 136 Å². The van der Waals surface area contributed by atoms with Crippen molar-refractivity contribution in [1.29, 1.82) is 0 Å². The molecule has 1 spiro atoms. The number of ether oxygens (including phenoxy) is 1. The Morgan fingerprint density at radius 3 is 2.78 bits per heavy atom. The fraction of sp³-hybridized carbons (Fsp3) is 0.750. The van der Waals surface area contributed by atoms with Gasteiger partial charge in [0.05, 0.1) is 24.4 Å². The van der Waals surface area contributed by atoms with Crippen LogP contribution in [-0.4, -0.2) is 71.0 Å². The summed E-state index contributed by atoms with van der Waals surface area (Å²) in [4.78, 5) is 15.3. The van der Waals surface area contributed by atoms with Crippen molar-refractivity contribution in [2.75, 3.05) is 39.3 Å². The lowest BCUT2D eigenvalue weighted by Gasteiger charge is -2.47. The largest absolute Gasteiger partial charge is 0.480 e. The van der Waals surface area contributed by atoms with Crippen LogP contribution < -0.4 is 0 Å². The molecule has 7 nitrogen and oxygen atoms in total. The summed E-state index contributed by atoms with van der Waals surface area (Å²) < 4.78 is 11.4. The summed E-state index contributed by atoms with van der Waals surface area (Å²) in [6, 6.07) is 0. The Morgan fingerprint density at radius 1 is 1.30 bits per heavy atom. The predicted octanol–water partition coefficient (Wildman–Crippen LogP) is 1.04. The molecule has 2 aliphatic rings. The van der Waals surface area contributed by atoms with Gasteiger partial charge in [0, 0.05) is 31.7 Å². The van der Waals surface area contributed by atoms with Crippen molar-refractivity contribution in [3.63, 3.8) is 0 Å². The molecule has 2 saturated heterocycles. The van der Waals surface area contributed by atoms with Gasteiger partial charge < -0.3 is 14.4 Å². The number of carboxylic acid groups (broad SMARTS) is 1. The van der Waals surface area contributed by atoms with Crippen LogP contribution in [0.3, 0.4) is 0 Å². The average Bonchev–Trinajstić information content (AvgIpc) is 2.79.